The third kappa shape index (κ3) is 5.92. The molecule has 1 heterocycles. The molecule has 0 aliphatic rings. The first kappa shape index (κ1) is 24.3. The maximum absolute atomic E-state index is 13.3. The van der Waals surface area contributed by atoms with Crippen LogP contribution in [0.2, 0.25) is 0 Å². The summed E-state index contributed by atoms with van der Waals surface area (Å²) in [6.07, 6.45) is -5.24. The lowest BCUT2D eigenvalue weighted by Gasteiger charge is -2.15. The maximum Gasteiger partial charge on any atom is 0.417 e. The van der Waals surface area contributed by atoms with Crippen LogP contribution in [0.5, 0.6) is 5.75 Å². The Morgan fingerprint density at radius 3 is 2.55 bits per heavy atom. The van der Waals surface area contributed by atoms with Crippen molar-refractivity contribution in [2.75, 3.05) is 6.61 Å². The van der Waals surface area contributed by atoms with Crippen LogP contribution in [-0.2, 0) is 28.7 Å². The standard InChI is InChI=1S/C24H24F3NO5/c1-4-31-21(23(29)30)12-16-9-10-17(11-14(16)2)32-13-20-15(3)33-22(28-20)18-7-5-6-8-19(18)24(25,26)27/h5-11,21H,4,12-13H2,1-3H3,(H,29,30)/t21-/m0/s1. The molecule has 9 heteroatoms. The average Bonchev–Trinajstić information content (AvgIpc) is 3.13. The number of nitrogens with zero attached hydrogens (tertiary/aromatic N) is 1. The van der Waals surface area contributed by atoms with Gasteiger partial charge < -0.3 is 19.0 Å². The third-order valence-corrected chi connectivity index (χ3v) is 5.09. The lowest BCUT2D eigenvalue weighted by atomic mass is 10.0. The number of rotatable bonds is 9. The summed E-state index contributed by atoms with van der Waals surface area (Å²) < 4.78 is 56.5. The molecule has 3 aromatic rings. The number of aliphatic carboxylic acids is 1. The number of hydrogen-bond acceptors (Lipinski definition) is 5. The summed E-state index contributed by atoms with van der Waals surface area (Å²) in [6.45, 7) is 5.47. The molecule has 33 heavy (non-hydrogen) atoms. The molecule has 6 nitrogen and oxygen atoms in total. The number of carboxylic acid groups (broad SMARTS) is 1. The van der Waals surface area contributed by atoms with E-state index in [-0.39, 0.29) is 24.5 Å². The van der Waals surface area contributed by atoms with Crippen LogP contribution in [-0.4, -0.2) is 28.8 Å². The molecule has 2 aromatic carbocycles. The molecule has 1 N–H and O–H groups in total. The lowest BCUT2D eigenvalue weighted by Crippen LogP contribution is -2.26. The summed E-state index contributed by atoms with van der Waals surface area (Å²) in [5, 5.41) is 9.27. The van der Waals surface area contributed by atoms with Crippen molar-refractivity contribution in [3.63, 3.8) is 0 Å². The van der Waals surface area contributed by atoms with Crippen LogP contribution in [0.4, 0.5) is 13.2 Å². The fraction of sp³-hybridized carbons (Fsp3) is 0.333. The van der Waals surface area contributed by atoms with Crippen LogP contribution >= 0.6 is 0 Å². The van der Waals surface area contributed by atoms with E-state index in [2.05, 4.69) is 4.98 Å². The molecule has 3 rings (SSSR count). The van der Waals surface area contributed by atoms with Crippen molar-refractivity contribution in [3.8, 4) is 17.2 Å². The van der Waals surface area contributed by atoms with Crippen molar-refractivity contribution in [1.82, 2.24) is 4.98 Å². The Hall–Kier alpha value is -3.33. The molecule has 1 atom stereocenters. The van der Waals surface area contributed by atoms with Gasteiger partial charge in [0.15, 0.2) is 6.10 Å². The maximum atomic E-state index is 13.3. The number of aryl methyl sites for hydroxylation is 2. The molecule has 0 aliphatic carbocycles. The normalized spacial score (nSPS) is 12.5. The zero-order valence-corrected chi connectivity index (χ0v) is 18.4. The van der Waals surface area contributed by atoms with E-state index in [1.165, 1.54) is 18.2 Å². The van der Waals surface area contributed by atoms with Gasteiger partial charge in [0.1, 0.15) is 23.8 Å². The summed E-state index contributed by atoms with van der Waals surface area (Å²) in [6, 6.07) is 10.3. The smallest absolute Gasteiger partial charge is 0.417 e. The van der Waals surface area contributed by atoms with E-state index < -0.39 is 23.8 Å². The summed E-state index contributed by atoms with van der Waals surface area (Å²) in [4.78, 5) is 15.5. The van der Waals surface area contributed by atoms with Crippen molar-refractivity contribution >= 4 is 5.97 Å². The fourth-order valence-electron chi connectivity index (χ4n) is 3.35. The zero-order chi connectivity index (χ0) is 24.2. The Bertz CT molecular complexity index is 1120. The quantitative estimate of drug-likeness (QED) is 0.446. The van der Waals surface area contributed by atoms with E-state index in [0.29, 0.717) is 23.8 Å². The molecule has 0 saturated heterocycles. The highest BCUT2D eigenvalue weighted by atomic mass is 19.4. The Morgan fingerprint density at radius 2 is 1.91 bits per heavy atom. The SMILES string of the molecule is CCO[C@@H](Cc1ccc(OCc2nc(-c3ccccc3C(F)(F)F)oc2C)cc1C)C(=O)O. The third-order valence-electron chi connectivity index (χ3n) is 5.09. The van der Waals surface area contributed by atoms with E-state index >= 15 is 0 Å². The number of hydrogen-bond donors (Lipinski definition) is 1. The molecular formula is C24H24F3NO5. The average molecular weight is 463 g/mol. The highest BCUT2D eigenvalue weighted by Gasteiger charge is 2.34. The molecular weight excluding hydrogens is 439 g/mol. The van der Waals surface area contributed by atoms with Gasteiger partial charge in [-0.3, -0.25) is 0 Å². The van der Waals surface area contributed by atoms with Crippen molar-refractivity contribution in [3.05, 3.63) is 70.6 Å². The Labute approximate surface area is 189 Å². The Balaban J connectivity index is 1.74. The largest absolute Gasteiger partial charge is 0.487 e. The number of carbonyl (C=O) groups is 1. The van der Waals surface area contributed by atoms with E-state index in [0.717, 1.165) is 17.2 Å². The highest BCUT2D eigenvalue weighted by molar-refractivity contribution is 5.72. The molecule has 0 amide bonds. The summed E-state index contributed by atoms with van der Waals surface area (Å²) in [7, 11) is 0. The van der Waals surface area contributed by atoms with Gasteiger partial charge in [0, 0.05) is 18.6 Å². The van der Waals surface area contributed by atoms with Gasteiger partial charge in [-0.1, -0.05) is 18.2 Å². The van der Waals surface area contributed by atoms with E-state index in [4.69, 9.17) is 13.9 Å². The lowest BCUT2D eigenvalue weighted by molar-refractivity contribution is -0.150. The van der Waals surface area contributed by atoms with E-state index in [1.807, 2.05) is 6.92 Å². The number of oxazole rings is 1. The fourth-order valence-corrected chi connectivity index (χ4v) is 3.35. The van der Waals surface area contributed by atoms with Crippen LogP contribution < -0.4 is 4.74 Å². The first-order valence-corrected chi connectivity index (χ1v) is 10.3. The number of aromatic nitrogens is 1. The van der Waals surface area contributed by atoms with Gasteiger partial charge in [-0.2, -0.15) is 13.2 Å². The van der Waals surface area contributed by atoms with Gasteiger partial charge in [-0.25, -0.2) is 9.78 Å². The van der Waals surface area contributed by atoms with Crippen LogP contribution in [0.25, 0.3) is 11.5 Å². The van der Waals surface area contributed by atoms with Gasteiger partial charge in [-0.05, 0) is 56.2 Å². The topological polar surface area (TPSA) is 81.8 Å². The zero-order valence-electron chi connectivity index (χ0n) is 18.4. The van der Waals surface area contributed by atoms with E-state index in [1.54, 1.807) is 32.0 Å². The van der Waals surface area contributed by atoms with Crippen LogP contribution in [0.3, 0.4) is 0 Å². The number of alkyl halides is 3. The number of carboxylic acids is 1. The monoisotopic (exact) mass is 463 g/mol. The van der Waals surface area contributed by atoms with Gasteiger partial charge in [0.25, 0.3) is 0 Å². The van der Waals surface area contributed by atoms with Crippen molar-refractivity contribution < 1.29 is 37.0 Å². The molecule has 0 saturated carbocycles. The molecule has 176 valence electrons. The predicted octanol–water partition coefficient (Wildman–Crippen LogP) is 5.59. The molecule has 0 fully saturated rings. The van der Waals surface area contributed by atoms with Gasteiger partial charge >= 0.3 is 12.1 Å². The summed E-state index contributed by atoms with van der Waals surface area (Å²) in [5.41, 5.74) is 1.06. The highest BCUT2D eigenvalue weighted by Crippen LogP contribution is 2.37. The second-order valence-electron chi connectivity index (χ2n) is 7.43. The number of halogens is 3. The first-order chi connectivity index (χ1) is 15.6. The van der Waals surface area contributed by atoms with Gasteiger partial charge in [0.2, 0.25) is 5.89 Å². The minimum Gasteiger partial charge on any atom is -0.487 e. The van der Waals surface area contributed by atoms with Crippen molar-refractivity contribution in [2.24, 2.45) is 0 Å². The molecule has 0 spiro atoms. The summed E-state index contributed by atoms with van der Waals surface area (Å²) in [5.74, 6) is -0.280. The van der Waals surface area contributed by atoms with Crippen molar-refractivity contribution in [2.45, 2.75) is 46.1 Å². The van der Waals surface area contributed by atoms with Gasteiger partial charge in [-0.15, -0.1) is 0 Å². The van der Waals surface area contributed by atoms with Crippen molar-refractivity contribution in [1.29, 1.82) is 0 Å². The number of ether oxygens (including phenoxy) is 2. The van der Waals surface area contributed by atoms with Crippen LogP contribution in [0, 0.1) is 13.8 Å². The molecule has 0 unspecified atom stereocenters. The molecule has 0 aliphatic heterocycles. The minimum absolute atomic E-state index is 0.000991. The minimum atomic E-state index is -4.53. The van der Waals surface area contributed by atoms with E-state index in [9.17, 15) is 23.1 Å². The van der Waals surface area contributed by atoms with Crippen LogP contribution in [0.1, 0.15) is 35.1 Å². The second kappa shape index (κ2) is 10.1. The molecule has 0 radical (unpaired) electrons. The Morgan fingerprint density at radius 1 is 1.18 bits per heavy atom. The predicted molar refractivity (Wildman–Crippen MR) is 114 cm³/mol. The molecule has 0 bridgehead atoms. The number of benzene rings is 2. The molecule has 1 aromatic heterocycles. The van der Waals surface area contributed by atoms with Gasteiger partial charge in [0.05, 0.1) is 5.56 Å². The Kier molecular flexibility index (Phi) is 7.43. The summed E-state index contributed by atoms with van der Waals surface area (Å²) >= 11 is 0. The first-order valence-electron chi connectivity index (χ1n) is 10.3. The second-order valence-corrected chi connectivity index (χ2v) is 7.43. The van der Waals surface area contributed by atoms with Crippen LogP contribution in [0.15, 0.2) is 46.9 Å².